The minimum atomic E-state index is -0.762. The fourth-order valence-electron chi connectivity index (χ4n) is 5.24. The number of carbonyl (C=O) groups excluding carboxylic acids is 1. The standard InChI is InChI=1S/C30H32N4O6S/c1-5-39-22-11-9-21(10-12-22)27-26(29(36)40-18(2)3)19(4)31-30-33(27)28(35)25(41-30)17-20-8-13-23(24(16-20)34(37)38)32-14-6-7-15-32/h8-13,16-18,27H,5-7,14-15H2,1-4H3/b25-17-/t27-/m1/s1. The first-order valence-corrected chi connectivity index (χ1v) is 14.5. The van der Waals surface area contributed by atoms with E-state index < -0.39 is 12.0 Å². The quantitative estimate of drug-likeness (QED) is 0.225. The molecule has 0 spiro atoms. The molecular formula is C30H32N4O6S. The predicted molar refractivity (Wildman–Crippen MR) is 157 cm³/mol. The lowest BCUT2D eigenvalue weighted by atomic mass is 9.96. The topological polar surface area (TPSA) is 116 Å². The van der Waals surface area contributed by atoms with Crippen LogP contribution in [-0.2, 0) is 9.53 Å². The molecule has 0 amide bonds. The van der Waals surface area contributed by atoms with Crippen LogP contribution >= 0.6 is 11.3 Å². The van der Waals surface area contributed by atoms with Crippen molar-refractivity contribution in [2.24, 2.45) is 4.99 Å². The molecule has 3 heterocycles. The molecular weight excluding hydrogens is 544 g/mol. The largest absolute Gasteiger partial charge is 0.494 e. The lowest BCUT2D eigenvalue weighted by Crippen LogP contribution is -2.40. The summed E-state index contributed by atoms with van der Waals surface area (Å²) in [5.74, 6) is 0.136. The third-order valence-electron chi connectivity index (χ3n) is 7.03. The highest BCUT2D eigenvalue weighted by molar-refractivity contribution is 7.07. The molecule has 5 rings (SSSR count). The Balaban J connectivity index is 1.63. The van der Waals surface area contributed by atoms with Crippen molar-refractivity contribution in [3.8, 4) is 5.75 Å². The smallest absolute Gasteiger partial charge is 0.338 e. The van der Waals surface area contributed by atoms with Crippen LogP contribution < -0.4 is 24.5 Å². The van der Waals surface area contributed by atoms with Crippen LogP contribution in [0.4, 0.5) is 11.4 Å². The number of nitro groups is 1. The molecule has 10 nitrogen and oxygen atoms in total. The van der Waals surface area contributed by atoms with E-state index in [9.17, 15) is 19.7 Å². The van der Waals surface area contributed by atoms with Crippen LogP contribution in [0.2, 0.25) is 0 Å². The highest BCUT2D eigenvalue weighted by Crippen LogP contribution is 2.33. The Morgan fingerprint density at radius 3 is 2.54 bits per heavy atom. The van der Waals surface area contributed by atoms with Gasteiger partial charge in [0, 0.05) is 19.2 Å². The Bertz CT molecular complexity index is 1700. The summed E-state index contributed by atoms with van der Waals surface area (Å²) in [5.41, 5.74) is 2.25. The molecule has 214 valence electrons. The Labute approximate surface area is 241 Å². The second-order valence-corrected chi connectivity index (χ2v) is 11.2. The average Bonchev–Trinajstić information content (AvgIpc) is 3.56. The number of allylic oxidation sites excluding steroid dienone is 1. The molecule has 2 aliphatic heterocycles. The zero-order valence-corrected chi connectivity index (χ0v) is 24.3. The summed E-state index contributed by atoms with van der Waals surface area (Å²) in [4.78, 5) is 45.8. The predicted octanol–water partition coefficient (Wildman–Crippen LogP) is 4.09. The maximum Gasteiger partial charge on any atom is 0.338 e. The van der Waals surface area contributed by atoms with Crippen LogP contribution in [0, 0.1) is 10.1 Å². The van der Waals surface area contributed by atoms with E-state index in [4.69, 9.17) is 9.47 Å². The summed E-state index contributed by atoms with van der Waals surface area (Å²) in [7, 11) is 0. The molecule has 1 atom stereocenters. The normalized spacial score (nSPS) is 17.0. The Kier molecular flexibility index (Phi) is 8.07. The molecule has 2 aromatic carbocycles. The fourth-order valence-corrected chi connectivity index (χ4v) is 6.29. The number of thiazole rings is 1. The van der Waals surface area contributed by atoms with Crippen molar-refractivity contribution in [2.45, 2.75) is 52.7 Å². The number of hydrogen-bond acceptors (Lipinski definition) is 9. The van der Waals surface area contributed by atoms with Crippen molar-refractivity contribution in [2.75, 3.05) is 24.6 Å². The molecule has 0 N–H and O–H groups in total. The van der Waals surface area contributed by atoms with Gasteiger partial charge in [0.2, 0.25) is 0 Å². The van der Waals surface area contributed by atoms with E-state index in [0.717, 1.165) is 25.9 Å². The van der Waals surface area contributed by atoms with Gasteiger partial charge in [-0.1, -0.05) is 29.5 Å². The molecule has 0 unspecified atom stereocenters. The van der Waals surface area contributed by atoms with E-state index in [2.05, 4.69) is 4.99 Å². The zero-order valence-electron chi connectivity index (χ0n) is 23.5. The minimum Gasteiger partial charge on any atom is -0.494 e. The van der Waals surface area contributed by atoms with Gasteiger partial charge in [-0.25, -0.2) is 9.79 Å². The van der Waals surface area contributed by atoms with Gasteiger partial charge in [-0.15, -0.1) is 0 Å². The number of ether oxygens (including phenoxy) is 2. The highest BCUT2D eigenvalue weighted by atomic mass is 32.1. The van der Waals surface area contributed by atoms with Crippen molar-refractivity contribution in [1.82, 2.24) is 4.57 Å². The number of rotatable bonds is 8. The molecule has 2 aliphatic rings. The Hall–Kier alpha value is -4.25. The summed E-state index contributed by atoms with van der Waals surface area (Å²) in [5, 5.41) is 11.9. The lowest BCUT2D eigenvalue weighted by molar-refractivity contribution is -0.384. The first-order chi connectivity index (χ1) is 19.7. The SMILES string of the molecule is CCOc1ccc([C@@H]2C(C(=O)OC(C)C)=C(C)N=c3s/c(=C\c4ccc(N5CCCC5)c([N+](=O)[O-])c4)c(=O)n32)cc1. The average molecular weight is 577 g/mol. The Morgan fingerprint density at radius 1 is 1.20 bits per heavy atom. The molecule has 0 bridgehead atoms. The van der Waals surface area contributed by atoms with E-state index in [0.29, 0.717) is 44.2 Å². The van der Waals surface area contributed by atoms with Crippen LogP contribution in [0.3, 0.4) is 0 Å². The molecule has 1 saturated heterocycles. The maximum absolute atomic E-state index is 13.9. The van der Waals surface area contributed by atoms with E-state index in [1.165, 1.54) is 22.0 Å². The lowest BCUT2D eigenvalue weighted by Gasteiger charge is -2.25. The van der Waals surface area contributed by atoms with E-state index in [-0.39, 0.29) is 27.8 Å². The van der Waals surface area contributed by atoms with Gasteiger partial charge in [-0.3, -0.25) is 19.5 Å². The third-order valence-corrected chi connectivity index (χ3v) is 8.01. The van der Waals surface area contributed by atoms with Gasteiger partial charge in [-0.05, 0) is 75.9 Å². The van der Waals surface area contributed by atoms with Gasteiger partial charge in [0.1, 0.15) is 11.4 Å². The molecule has 0 radical (unpaired) electrons. The number of hydrogen-bond donors (Lipinski definition) is 0. The number of benzene rings is 2. The first kappa shape index (κ1) is 28.3. The number of fused-ring (bicyclic) bond motifs is 1. The number of anilines is 1. The fraction of sp³-hybridized carbons (Fsp3) is 0.367. The van der Waals surface area contributed by atoms with Crippen LogP contribution in [0.1, 0.15) is 57.7 Å². The molecule has 11 heteroatoms. The summed E-state index contributed by atoms with van der Waals surface area (Å²) in [6.45, 7) is 9.24. The van der Waals surface area contributed by atoms with Gasteiger partial charge < -0.3 is 14.4 Å². The van der Waals surface area contributed by atoms with Gasteiger partial charge in [0.25, 0.3) is 11.2 Å². The van der Waals surface area contributed by atoms with Gasteiger partial charge in [-0.2, -0.15) is 0 Å². The summed E-state index contributed by atoms with van der Waals surface area (Å²) in [6, 6.07) is 11.5. The maximum atomic E-state index is 13.9. The summed E-state index contributed by atoms with van der Waals surface area (Å²) >= 11 is 1.18. The van der Waals surface area contributed by atoms with Crippen LogP contribution in [0.15, 0.2) is 63.5 Å². The van der Waals surface area contributed by atoms with E-state index >= 15 is 0 Å². The van der Waals surface area contributed by atoms with Gasteiger partial charge >= 0.3 is 5.97 Å². The number of carbonyl (C=O) groups is 1. The third kappa shape index (κ3) is 5.67. The molecule has 0 saturated carbocycles. The number of nitrogens with zero attached hydrogens (tertiary/aromatic N) is 4. The number of esters is 1. The first-order valence-electron chi connectivity index (χ1n) is 13.7. The zero-order chi connectivity index (χ0) is 29.3. The number of nitro benzene ring substituents is 1. The van der Waals surface area contributed by atoms with Crippen molar-refractivity contribution >= 4 is 34.8 Å². The molecule has 0 aliphatic carbocycles. The van der Waals surface area contributed by atoms with Crippen LogP contribution in [0.25, 0.3) is 6.08 Å². The summed E-state index contributed by atoms with van der Waals surface area (Å²) < 4.78 is 13.0. The number of aromatic nitrogens is 1. The van der Waals surface area contributed by atoms with Crippen LogP contribution in [0.5, 0.6) is 5.75 Å². The second-order valence-electron chi connectivity index (χ2n) is 10.2. The van der Waals surface area contributed by atoms with E-state index in [1.807, 2.05) is 24.0 Å². The molecule has 1 aromatic heterocycles. The summed E-state index contributed by atoms with van der Waals surface area (Å²) in [6.07, 6.45) is 3.29. The monoisotopic (exact) mass is 576 g/mol. The minimum absolute atomic E-state index is 0.00949. The van der Waals surface area contributed by atoms with E-state index in [1.54, 1.807) is 51.1 Å². The Morgan fingerprint density at radius 2 is 1.90 bits per heavy atom. The molecule has 41 heavy (non-hydrogen) atoms. The second kappa shape index (κ2) is 11.7. The van der Waals surface area contributed by atoms with Crippen molar-refractivity contribution in [3.05, 3.63) is 94.7 Å². The van der Waals surface area contributed by atoms with Crippen molar-refractivity contribution < 1.29 is 19.2 Å². The van der Waals surface area contributed by atoms with Gasteiger partial charge in [0.05, 0.1) is 39.5 Å². The van der Waals surface area contributed by atoms with Crippen molar-refractivity contribution in [1.29, 1.82) is 0 Å². The van der Waals surface area contributed by atoms with Crippen LogP contribution in [-0.4, -0.2) is 41.3 Å². The highest BCUT2D eigenvalue weighted by Gasteiger charge is 2.34. The van der Waals surface area contributed by atoms with Gasteiger partial charge in [0.15, 0.2) is 4.80 Å². The molecule has 1 fully saturated rings. The molecule has 3 aromatic rings. The van der Waals surface area contributed by atoms with Crippen molar-refractivity contribution in [3.63, 3.8) is 0 Å².